The van der Waals surface area contributed by atoms with Gasteiger partial charge in [-0.05, 0) is 42.0 Å². The van der Waals surface area contributed by atoms with E-state index in [1.165, 1.54) is 11.2 Å². The summed E-state index contributed by atoms with van der Waals surface area (Å²) in [7, 11) is 5.44. The normalized spacial score (nSPS) is 10.6. The van der Waals surface area contributed by atoms with Crippen molar-refractivity contribution in [3.8, 4) is 0 Å². The fourth-order valence-corrected chi connectivity index (χ4v) is 2.08. The second kappa shape index (κ2) is 8.07. The summed E-state index contributed by atoms with van der Waals surface area (Å²) in [5, 5.41) is 13.9. The van der Waals surface area contributed by atoms with Crippen molar-refractivity contribution in [2.75, 3.05) is 26.0 Å². The molecule has 0 saturated carbocycles. The van der Waals surface area contributed by atoms with Gasteiger partial charge in [-0.2, -0.15) is 5.10 Å². The van der Waals surface area contributed by atoms with E-state index in [0.717, 1.165) is 11.3 Å². The molecular formula is C18H20N4O3. The van der Waals surface area contributed by atoms with Gasteiger partial charge in [0.25, 0.3) is 11.8 Å². The molecule has 0 unspecified atom stereocenters. The monoisotopic (exact) mass is 340 g/mol. The molecule has 0 spiro atoms. The minimum absolute atomic E-state index is 0.224. The minimum Gasteiger partial charge on any atom is -0.378 e. The molecule has 7 nitrogen and oxygen atoms in total. The van der Waals surface area contributed by atoms with Crippen LogP contribution in [0.1, 0.15) is 26.3 Å². The van der Waals surface area contributed by atoms with E-state index in [-0.39, 0.29) is 5.91 Å². The van der Waals surface area contributed by atoms with Gasteiger partial charge in [-0.25, -0.2) is 10.5 Å². The Hall–Kier alpha value is -3.19. The summed E-state index contributed by atoms with van der Waals surface area (Å²) < 4.78 is 0. The van der Waals surface area contributed by atoms with Crippen molar-refractivity contribution in [3.05, 3.63) is 65.2 Å². The topological polar surface area (TPSA) is 85.2 Å². The molecule has 0 aromatic heterocycles. The molecule has 130 valence electrons. The van der Waals surface area contributed by atoms with E-state index in [1.807, 2.05) is 31.1 Å². The number of anilines is 1. The molecule has 2 aromatic carbocycles. The van der Waals surface area contributed by atoms with Crippen molar-refractivity contribution in [3.63, 3.8) is 0 Å². The third kappa shape index (κ3) is 4.65. The van der Waals surface area contributed by atoms with Crippen molar-refractivity contribution < 1.29 is 14.8 Å². The molecule has 0 aliphatic rings. The maximum Gasteiger partial charge on any atom is 0.274 e. The van der Waals surface area contributed by atoms with Crippen LogP contribution in [0.2, 0.25) is 0 Å². The summed E-state index contributed by atoms with van der Waals surface area (Å²) in [6.45, 7) is 0. The SMILES string of the molecule is CN(/N=C/c1ccc(C(=O)NO)cc1)C(=O)c1ccc(N(C)C)cc1. The van der Waals surface area contributed by atoms with Gasteiger partial charge in [0.2, 0.25) is 0 Å². The maximum atomic E-state index is 12.3. The summed E-state index contributed by atoms with van der Waals surface area (Å²) in [6, 6.07) is 13.7. The molecule has 0 saturated heterocycles. The van der Waals surface area contributed by atoms with E-state index in [0.29, 0.717) is 11.1 Å². The first-order valence-electron chi connectivity index (χ1n) is 7.56. The lowest BCUT2D eigenvalue weighted by Gasteiger charge is -2.14. The molecule has 2 amide bonds. The number of hydroxylamine groups is 1. The smallest absolute Gasteiger partial charge is 0.274 e. The lowest BCUT2D eigenvalue weighted by molar-refractivity contribution is 0.0706. The van der Waals surface area contributed by atoms with Gasteiger partial charge in [0.15, 0.2) is 0 Å². The Bertz CT molecular complexity index is 768. The molecule has 25 heavy (non-hydrogen) atoms. The first-order chi connectivity index (χ1) is 11.9. The molecule has 0 radical (unpaired) electrons. The van der Waals surface area contributed by atoms with Crippen LogP contribution in [0.25, 0.3) is 0 Å². The van der Waals surface area contributed by atoms with Gasteiger partial charge in [0.05, 0.1) is 6.21 Å². The summed E-state index contributed by atoms with van der Waals surface area (Å²) in [4.78, 5) is 25.6. The van der Waals surface area contributed by atoms with E-state index < -0.39 is 5.91 Å². The number of hydrogen-bond acceptors (Lipinski definition) is 5. The predicted molar refractivity (Wildman–Crippen MR) is 96.2 cm³/mol. The Labute approximate surface area is 146 Å². The number of carbonyl (C=O) groups excluding carboxylic acids is 2. The van der Waals surface area contributed by atoms with Gasteiger partial charge in [0, 0.05) is 38.0 Å². The zero-order valence-corrected chi connectivity index (χ0v) is 14.3. The summed E-state index contributed by atoms with van der Waals surface area (Å²) in [6.07, 6.45) is 1.52. The van der Waals surface area contributed by atoms with Crippen LogP contribution in [-0.2, 0) is 0 Å². The summed E-state index contributed by atoms with van der Waals surface area (Å²) in [5.74, 6) is -0.810. The average molecular weight is 340 g/mol. The van der Waals surface area contributed by atoms with Gasteiger partial charge < -0.3 is 4.90 Å². The van der Waals surface area contributed by atoms with Crippen LogP contribution in [0.3, 0.4) is 0 Å². The van der Waals surface area contributed by atoms with E-state index in [2.05, 4.69) is 5.10 Å². The van der Waals surface area contributed by atoms with E-state index in [9.17, 15) is 9.59 Å². The Morgan fingerprint density at radius 2 is 1.52 bits per heavy atom. The Morgan fingerprint density at radius 1 is 0.960 bits per heavy atom. The van der Waals surface area contributed by atoms with Crippen molar-refractivity contribution in [1.29, 1.82) is 0 Å². The standard InChI is InChI=1S/C18H20N4O3/c1-21(2)16-10-8-15(9-11-16)18(24)22(3)19-12-13-4-6-14(7-5-13)17(23)20-25/h4-12,25H,1-3H3,(H,20,23)/b19-12+. The zero-order chi connectivity index (χ0) is 18.4. The highest BCUT2D eigenvalue weighted by Crippen LogP contribution is 2.13. The second-order valence-corrected chi connectivity index (χ2v) is 5.58. The number of hydrazone groups is 1. The molecule has 0 bridgehead atoms. The highest BCUT2D eigenvalue weighted by molar-refractivity contribution is 5.96. The number of carbonyl (C=O) groups is 2. The van der Waals surface area contributed by atoms with Crippen LogP contribution in [-0.4, -0.2) is 49.4 Å². The molecule has 7 heteroatoms. The second-order valence-electron chi connectivity index (χ2n) is 5.58. The van der Waals surface area contributed by atoms with Crippen LogP contribution in [0.5, 0.6) is 0 Å². The molecule has 0 heterocycles. The van der Waals surface area contributed by atoms with Crippen LogP contribution < -0.4 is 10.4 Å². The highest BCUT2D eigenvalue weighted by atomic mass is 16.5. The third-order valence-corrected chi connectivity index (χ3v) is 3.58. The molecule has 0 fully saturated rings. The maximum absolute atomic E-state index is 12.3. The van der Waals surface area contributed by atoms with Crippen LogP contribution in [0, 0.1) is 0 Å². The molecule has 0 aliphatic carbocycles. The van der Waals surface area contributed by atoms with Crippen LogP contribution in [0.4, 0.5) is 5.69 Å². The van der Waals surface area contributed by atoms with E-state index in [4.69, 9.17) is 5.21 Å². The lowest BCUT2D eigenvalue weighted by Crippen LogP contribution is -2.21. The fraction of sp³-hybridized carbons (Fsp3) is 0.167. The molecule has 0 aliphatic heterocycles. The van der Waals surface area contributed by atoms with Gasteiger partial charge in [-0.3, -0.25) is 14.8 Å². The number of rotatable bonds is 5. The average Bonchev–Trinajstić information content (AvgIpc) is 2.65. The molecular weight excluding hydrogens is 320 g/mol. The molecule has 2 rings (SSSR count). The number of nitrogens with zero attached hydrogens (tertiary/aromatic N) is 3. The van der Waals surface area contributed by atoms with Crippen LogP contribution in [0.15, 0.2) is 53.6 Å². The first kappa shape index (κ1) is 18.2. The van der Waals surface area contributed by atoms with Crippen molar-refractivity contribution in [2.45, 2.75) is 0 Å². The Balaban J connectivity index is 2.04. The van der Waals surface area contributed by atoms with E-state index in [1.54, 1.807) is 48.9 Å². The Morgan fingerprint density at radius 3 is 2.04 bits per heavy atom. The molecule has 2 aromatic rings. The largest absolute Gasteiger partial charge is 0.378 e. The van der Waals surface area contributed by atoms with Crippen molar-refractivity contribution in [1.82, 2.24) is 10.5 Å². The van der Waals surface area contributed by atoms with E-state index >= 15 is 0 Å². The first-order valence-corrected chi connectivity index (χ1v) is 7.56. The number of amides is 2. The lowest BCUT2D eigenvalue weighted by atomic mass is 10.1. The number of nitrogens with one attached hydrogen (secondary N) is 1. The van der Waals surface area contributed by atoms with Crippen LogP contribution >= 0.6 is 0 Å². The predicted octanol–water partition coefficient (Wildman–Crippen LogP) is 1.98. The van der Waals surface area contributed by atoms with Gasteiger partial charge >= 0.3 is 0 Å². The van der Waals surface area contributed by atoms with Crippen molar-refractivity contribution in [2.24, 2.45) is 5.10 Å². The van der Waals surface area contributed by atoms with Gasteiger partial charge in [0.1, 0.15) is 0 Å². The number of hydrogen-bond donors (Lipinski definition) is 2. The third-order valence-electron chi connectivity index (χ3n) is 3.58. The zero-order valence-electron chi connectivity index (χ0n) is 14.3. The molecule has 2 N–H and O–H groups in total. The van der Waals surface area contributed by atoms with Crippen molar-refractivity contribution >= 4 is 23.7 Å². The van der Waals surface area contributed by atoms with Gasteiger partial charge in [-0.15, -0.1) is 0 Å². The minimum atomic E-state index is -0.586. The van der Waals surface area contributed by atoms with Gasteiger partial charge in [-0.1, -0.05) is 12.1 Å². The summed E-state index contributed by atoms with van der Waals surface area (Å²) >= 11 is 0. The number of benzene rings is 2. The summed E-state index contributed by atoms with van der Waals surface area (Å²) in [5.41, 5.74) is 4.16. The molecule has 0 atom stereocenters. The Kier molecular flexibility index (Phi) is 5.86. The highest BCUT2D eigenvalue weighted by Gasteiger charge is 2.10. The quantitative estimate of drug-likeness (QED) is 0.495. The fourth-order valence-electron chi connectivity index (χ4n) is 2.08.